The molecule has 1 unspecified atom stereocenters. The first-order valence-electron chi connectivity index (χ1n) is 25.7. The van der Waals surface area contributed by atoms with E-state index in [1.54, 1.807) is 54.6 Å². The maximum atomic E-state index is 15.8. The number of aliphatic hydroxyl groups excluding tert-OH is 1. The van der Waals surface area contributed by atoms with Gasteiger partial charge in [-0.25, -0.2) is 22.8 Å². The first kappa shape index (κ1) is 58.9. The molecular weight excluding hydrogens is 1070 g/mol. The van der Waals surface area contributed by atoms with Gasteiger partial charge in [0.2, 0.25) is 12.0 Å². The minimum absolute atomic E-state index is 0.00453. The van der Waals surface area contributed by atoms with Crippen LogP contribution in [0.15, 0.2) is 114 Å². The number of ether oxygens (including phenoxy) is 6. The molecule has 1 saturated heterocycles. The van der Waals surface area contributed by atoms with E-state index in [9.17, 15) is 56.9 Å². The summed E-state index contributed by atoms with van der Waals surface area (Å²) >= 11 is 0. The zero-order chi connectivity index (χ0) is 58.9. The number of fused-ring (bicyclic) bond motifs is 5. The second kappa shape index (κ2) is 23.1. The van der Waals surface area contributed by atoms with Gasteiger partial charge in [0.05, 0.1) is 41.7 Å². The maximum absolute atomic E-state index is 15.8. The van der Waals surface area contributed by atoms with E-state index in [1.165, 1.54) is 64.1 Å². The fraction of sp³-hybridized carbons (Fsp3) is 0.397. The van der Waals surface area contributed by atoms with E-state index in [0.717, 1.165) is 13.8 Å². The average Bonchev–Trinajstić information content (AvgIpc) is 1.31. The highest BCUT2D eigenvalue weighted by Gasteiger charge is 2.78. The van der Waals surface area contributed by atoms with Crippen molar-refractivity contribution >= 4 is 53.4 Å². The Morgan fingerprint density at radius 1 is 0.753 bits per heavy atom. The fourth-order valence-corrected chi connectivity index (χ4v) is 11.7. The van der Waals surface area contributed by atoms with Gasteiger partial charge < -0.3 is 54.6 Å². The van der Waals surface area contributed by atoms with Gasteiger partial charge in [0.15, 0.2) is 34.9 Å². The highest BCUT2D eigenvalue weighted by atomic mass is 19.2. The Balaban J connectivity index is 1.21. The standard InChI is InChI=1S/C58H58F3N3O17/c1-29-37(25-58(75)50(80-53(73)34-20-14-9-15-21-34)48-56(6,38(67)24-39-57(48,28-76-39)81-31(3)66)49(70)46(77-30(2)65)42(29)55(58,4)5)78-54(74)47(45(32-16-10-7-11-17-32)64-51(71)33-18-12-8-13-19-33)79-41(69)27-62-40(68)26-63-52(72)35-22-23-36(59)44(61)43(35)60/h7-23,37-39,45-48,50,67,75H,24-28H2,1-6H3,(H,62,68)(H,63,72)(H,64,71)/t37-,38-,39+,45-,46+,47+,48?,50-,56+,57-,58+/m0/s1. The van der Waals surface area contributed by atoms with Crippen LogP contribution in [0.25, 0.3) is 0 Å². The van der Waals surface area contributed by atoms with Crippen molar-refractivity contribution in [3.8, 4) is 0 Å². The summed E-state index contributed by atoms with van der Waals surface area (Å²) in [5.74, 6) is -16.8. The number of nitrogens with one attached hydrogen (secondary N) is 3. The monoisotopic (exact) mass is 1130 g/mol. The van der Waals surface area contributed by atoms with Crippen molar-refractivity contribution < 1.29 is 95.0 Å². The molecule has 5 N–H and O–H groups in total. The van der Waals surface area contributed by atoms with Crippen LogP contribution in [0.1, 0.15) is 97.1 Å². The van der Waals surface area contributed by atoms with Crippen LogP contribution in [-0.4, -0.2) is 131 Å². The van der Waals surface area contributed by atoms with Crippen LogP contribution < -0.4 is 16.0 Å². The van der Waals surface area contributed by atoms with E-state index in [-0.39, 0.29) is 34.3 Å². The van der Waals surface area contributed by atoms with Crippen molar-refractivity contribution in [2.45, 2.75) is 108 Å². The lowest BCUT2D eigenvalue weighted by Gasteiger charge is -2.67. The van der Waals surface area contributed by atoms with Gasteiger partial charge in [-0.15, -0.1) is 0 Å². The fourth-order valence-electron chi connectivity index (χ4n) is 11.7. The van der Waals surface area contributed by atoms with Gasteiger partial charge in [-0.3, -0.25) is 33.6 Å². The predicted molar refractivity (Wildman–Crippen MR) is 273 cm³/mol. The second-order valence-electron chi connectivity index (χ2n) is 21.0. The molecule has 4 aromatic carbocycles. The summed E-state index contributed by atoms with van der Waals surface area (Å²) in [6, 6.07) is 22.4. The third kappa shape index (κ3) is 11.0. The van der Waals surface area contributed by atoms with Gasteiger partial charge in [0.25, 0.3) is 11.8 Å². The normalized spacial score (nSPS) is 26.9. The lowest BCUT2D eigenvalue weighted by molar-refractivity contribution is -0.346. The molecule has 23 heteroatoms. The van der Waals surface area contributed by atoms with E-state index in [4.69, 9.17) is 28.4 Å². The van der Waals surface area contributed by atoms with E-state index < -0.39 is 173 Å². The number of hydrogen-bond acceptors (Lipinski definition) is 17. The van der Waals surface area contributed by atoms with Crippen molar-refractivity contribution in [1.29, 1.82) is 0 Å². The molecule has 3 fully saturated rings. The molecule has 3 aliphatic carbocycles. The Hall–Kier alpha value is -8.28. The van der Waals surface area contributed by atoms with E-state index in [1.807, 2.05) is 5.32 Å². The van der Waals surface area contributed by atoms with Crippen LogP contribution in [0, 0.1) is 34.2 Å². The molecule has 2 bridgehead atoms. The predicted octanol–water partition coefficient (Wildman–Crippen LogP) is 4.25. The summed E-state index contributed by atoms with van der Waals surface area (Å²) in [5, 5.41) is 33.1. The lowest BCUT2D eigenvalue weighted by atomic mass is 9.44. The molecule has 11 atom stereocenters. The largest absolute Gasteiger partial charge is 0.455 e. The number of rotatable bonds is 16. The number of carbonyl (C=O) groups is 9. The number of halogens is 3. The van der Waals surface area contributed by atoms with Crippen molar-refractivity contribution in [1.82, 2.24) is 16.0 Å². The van der Waals surface area contributed by atoms with Gasteiger partial charge in [-0.2, -0.15) is 0 Å². The molecule has 4 aliphatic rings. The molecule has 20 nitrogen and oxygen atoms in total. The molecule has 8 rings (SSSR count). The quantitative estimate of drug-likeness (QED) is 0.0454. The summed E-state index contributed by atoms with van der Waals surface area (Å²) in [5.41, 5.74) is -9.37. The third-order valence-corrected chi connectivity index (χ3v) is 15.8. The molecule has 428 valence electrons. The molecule has 0 spiro atoms. The Morgan fingerprint density at radius 2 is 1.37 bits per heavy atom. The van der Waals surface area contributed by atoms with Crippen molar-refractivity contribution in [2.24, 2.45) is 16.7 Å². The molecule has 81 heavy (non-hydrogen) atoms. The number of Topliss-reactive ketones (excluding diaryl/α,β-unsaturated/α-hetero) is 1. The highest BCUT2D eigenvalue weighted by molar-refractivity contribution is 5.98. The molecule has 0 radical (unpaired) electrons. The highest BCUT2D eigenvalue weighted by Crippen LogP contribution is 2.64. The summed E-state index contributed by atoms with van der Waals surface area (Å²) in [6.45, 7) is 5.42. The Morgan fingerprint density at radius 3 is 1.96 bits per heavy atom. The molecule has 1 heterocycles. The molecule has 1 aliphatic heterocycles. The lowest BCUT2D eigenvalue weighted by Crippen LogP contribution is -2.82. The minimum atomic E-state index is -2.59. The number of hydrogen-bond donors (Lipinski definition) is 5. The number of carbonyl (C=O) groups excluding carboxylic acids is 9. The number of aliphatic hydroxyl groups is 2. The minimum Gasteiger partial charge on any atom is -0.455 e. The maximum Gasteiger partial charge on any atom is 0.350 e. The van der Waals surface area contributed by atoms with Crippen LogP contribution in [0.4, 0.5) is 13.2 Å². The Bertz CT molecular complexity index is 3200. The molecule has 0 aromatic heterocycles. The second-order valence-corrected chi connectivity index (χ2v) is 21.0. The van der Waals surface area contributed by atoms with E-state index in [2.05, 4.69) is 10.6 Å². The van der Waals surface area contributed by atoms with Gasteiger partial charge in [-0.05, 0) is 67.0 Å². The van der Waals surface area contributed by atoms with Crippen molar-refractivity contribution in [3.05, 3.63) is 154 Å². The zero-order valence-corrected chi connectivity index (χ0v) is 44.6. The van der Waals surface area contributed by atoms with Crippen molar-refractivity contribution in [2.75, 3.05) is 19.7 Å². The van der Waals surface area contributed by atoms with E-state index >= 15 is 9.59 Å². The van der Waals surface area contributed by atoms with Crippen LogP contribution in [0.2, 0.25) is 0 Å². The van der Waals surface area contributed by atoms with Crippen LogP contribution in [0.3, 0.4) is 0 Å². The van der Waals surface area contributed by atoms with Crippen molar-refractivity contribution in [3.63, 3.8) is 0 Å². The van der Waals surface area contributed by atoms with Crippen LogP contribution in [-0.2, 0) is 57.2 Å². The molecule has 3 amide bonds. The third-order valence-electron chi connectivity index (χ3n) is 15.8. The summed E-state index contributed by atoms with van der Waals surface area (Å²) in [7, 11) is 0. The average molecular weight is 1130 g/mol. The SMILES string of the molecule is CC(=O)O[C@H]1C(=O)[C@@]2(C)C([C@H](OC(=O)c3ccccc3)[C@]3(O)C[C@H](OC(=O)[C@H](OC(=O)CNC(=O)CNC(=O)c4ccc(F)c(F)c4F)[C@@H](NC(=O)c4ccccc4)c4ccccc4)C(C)=C1C3(C)C)[C@]1(OC(C)=O)CO[C@@H]1C[C@@H]2O. The molecule has 2 saturated carbocycles. The first-order chi connectivity index (χ1) is 38.3. The van der Waals surface area contributed by atoms with Crippen LogP contribution >= 0.6 is 0 Å². The molecule has 4 aromatic rings. The summed E-state index contributed by atoms with van der Waals surface area (Å²) in [6.07, 6.45) is -11.8. The summed E-state index contributed by atoms with van der Waals surface area (Å²) in [4.78, 5) is 126. The number of esters is 5. The summed E-state index contributed by atoms with van der Waals surface area (Å²) < 4.78 is 78.1. The first-order valence-corrected chi connectivity index (χ1v) is 25.7. The van der Waals surface area contributed by atoms with Gasteiger partial charge in [0, 0.05) is 37.7 Å². The van der Waals surface area contributed by atoms with Gasteiger partial charge in [0.1, 0.15) is 36.5 Å². The van der Waals surface area contributed by atoms with E-state index in [0.29, 0.717) is 12.1 Å². The van der Waals surface area contributed by atoms with Crippen LogP contribution in [0.5, 0.6) is 0 Å². The number of benzene rings is 4. The Labute approximate surface area is 461 Å². The topological polar surface area (TPSA) is 286 Å². The Kier molecular flexibility index (Phi) is 16.8. The van der Waals surface area contributed by atoms with Gasteiger partial charge in [-0.1, -0.05) is 80.6 Å². The molecular formula is C58H58F3N3O17. The zero-order valence-electron chi connectivity index (χ0n) is 44.6. The number of amides is 3. The number of ketones is 1. The van der Waals surface area contributed by atoms with Gasteiger partial charge >= 0.3 is 29.8 Å². The smallest absolute Gasteiger partial charge is 0.350 e.